The predicted octanol–water partition coefficient (Wildman–Crippen LogP) is 5.99. The Balaban J connectivity index is 1.68. The van der Waals surface area contributed by atoms with Crippen molar-refractivity contribution in [1.29, 1.82) is 0 Å². The maximum absolute atomic E-state index is 13.0. The molecule has 160 valence electrons. The van der Waals surface area contributed by atoms with Crippen molar-refractivity contribution in [2.24, 2.45) is 0 Å². The lowest BCUT2D eigenvalue weighted by atomic mass is 10.0. The van der Waals surface area contributed by atoms with Crippen LogP contribution in [0.3, 0.4) is 0 Å². The molecule has 0 bridgehead atoms. The van der Waals surface area contributed by atoms with Crippen LogP contribution in [0.1, 0.15) is 41.3 Å². The Hall–Kier alpha value is -3.99. The number of amides is 1. The van der Waals surface area contributed by atoms with E-state index < -0.39 is 0 Å². The Labute approximate surface area is 188 Å². The number of nitrogens with zero attached hydrogens (tertiary/aromatic N) is 2. The van der Waals surface area contributed by atoms with Crippen molar-refractivity contribution >= 4 is 5.91 Å². The van der Waals surface area contributed by atoms with Crippen molar-refractivity contribution in [3.63, 3.8) is 0 Å². The van der Waals surface area contributed by atoms with Gasteiger partial charge in [0.15, 0.2) is 5.82 Å². The van der Waals surface area contributed by atoms with Gasteiger partial charge in [-0.05, 0) is 23.1 Å². The van der Waals surface area contributed by atoms with Crippen LogP contribution in [-0.4, -0.2) is 15.9 Å². The van der Waals surface area contributed by atoms with E-state index in [9.17, 15) is 4.79 Å². The third-order valence-corrected chi connectivity index (χ3v) is 5.07. The minimum atomic E-state index is -0.287. The zero-order valence-corrected chi connectivity index (χ0v) is 18.2. The maximum Gasteiger partial charge on any atom is 0.258 e. The minimum absolute atomic E-state index is 0.234. The first-order chi connectivity index (χ1) is 15.6. The molecule has 4 aromatic rings. The number of ether oxygens (including phenoxy) is 1. The third kappa shape index (κ3) is 5.01. The highest BCUT2D eigenvalue weighted by Gasteiger charge is 2.19. The van der Waals surface area contributed by atoms with E-state index in [1.165, 1.54) is 6.20 Å². The quantitative estimate of drug-likeness (QED) is 0.397. The number of carbonyl (C=O) groups excluding carboxylic acids is 1. The van der Waals surface area contributed by atoms with Gasteiger partial charge in [-0.2, -0.15) is 4.98 Å². The van der Waals surface area contributed by atoms with Crippen molar-refractivity contribution in [2.45, 2.75) is 26.3 Å². The molecule has 5 heteroatoms. The Bertz CT molecular complexity index is 1190. The van der Waals surface area contributed by atoms with Crippen LogP contribution < -0.4 is 10.1 Å². The van der Waals surface area contributed by atoms with Gasteiger partial charge in [0.1, 0.15) is 11.3 Å². The number of hydrogen-bond donors (Lipinski definition) is 1. The highest BCUT2D eigenvalue weighted by Crippen LogP contribution is 2.32. The van der Waals surface area contributed by atoms with Crippen LogP contribution in [0.25, 0.3) is 11.4 Å². The second-order valence-electron chi connectivity index (χ2n) is 7.74. The number of nitrogens with one attached hydrogen (secondary N) is 1. The summed E-state index contributed by atoms with van der Waals surface area (Å²) in [5.74, 6) is 1.39. The van der Waals surface area contributed by atoms with Crippen LogP contribution in [0.2, 0.25) is 0 Å². The first kappa shape index (κ1) is 21.2. The molecule has 0 aliphatic heterocycles. The number of aromatic nitrogens is 2. The van der Waals surface area contributed by atoms with Gasteiger partial charge in [0.25, 0.3) is 5.91 Å². The van der Waals surface area contributed by atoms with Gasteiger partial charge in [0.05, 0.1) is 0 Å². The molecule has 0 aliphatic rings. The first-order valence-electron chi connectivity index (χ1n) is 10.6. The van der Waals surface area contributed by atoms with E-state index in [0.29, 0.717) is 23.7 Å². The lowest BCUT2D eigenvalue weighted by molar-refractivity contribution is 0.0947. The molecule has 5 nitrogen and oxygen atoms in total. The van der Waals surface area contributed by atoms with Crippen LogP contribution in [0.15, 0.2) is 91.1 Å². The molecule has 1 N–H and O–H groups in total. The van der Waals surface area contributed by atoms with E-state index >= 15 is 0 Å². The number of carbonyl (C=O) groups is 1. The van der Waals surface area contributed by atoms with Gasteiger partial charge >= 0.3 is 0 Å². The SMILES string of the molecule is CC(C)c1ccccc1Oc1nc(-c2ccccc2)ncc1C(=O)NCc1ccccc1. The summed E-state index contributed by atoms with van der Waals surface area (Å²) >= 11 is 0. The van der Waals surface area contributed by atoms with Gasteiger partial charge in [0.2, 0.25) is 5.88 Å². The van der Waals surface area contributed by atoms with Crippen LogP contribution >= 0.6 is 0 Å². The lowest BCUT2D eigenvalue weighted by Gasteiger charge is -2.15. The van der Waals surface area contributed by atoms with Crippen molar-refractivity contribution in [3.05, 3.63) is 108 Å². The van der Waals surface area contributed by atoms with Crippen LogP contribution in [0.4, 0.5) is 0 Å². The van der Waals surface area contributed by atoms with Gasteiger partial charge < -0.3 is 10.1 Å². The number of benzene rings is 3. The summed E-state index contributed by atoms with van der Waals surface area (Å²) in [5, 5.41) is 2.94. The molecule has 0 unspecified atom stereocenters. The normalized spacial score (nSPS) is 10.7. The van der Waals surface area contributed by atoms with Gasteiger partial charge in [-0.25, -0.2) is 4.98 Å². The summed E-state index contributed by atoms with van der Waals surface area (Å²) in [7, 11) is 0. The predicted molar refractivity (Wildman–Crippen MR) is 126 cm³/mol. The molecule has 0 fully saturated rings. The number of hydrogen-bond acceptors (Lipinski definition) is 4. The van der Waals surface area contributed by atoms with Crippen LogP contribution in [0.5, 0.6) is 11.6 Å². The van der Waals surface area contributed by atoms with Gasteiger partial charge in [-0.1, -0.05) is 92.7 Å². The fourth-order valence-electron chi connectivity index (χ4n) is 3.35. The van der Waals surface area contributed by atoms with Gasteiger partial charge in [-0.3, -0.25) is 4.79 Å². The lowest BCUT2D eigenvalue weighted by Crippen LogP contribution is -2.24. The van der Waals surface area contributed by atoms with E-state index in [1.54, 1.807) is 0 Å². The fourth-order valence-corrected chi connectivity index (χ4v) is 3.35. The average Bonchev–Trinajstić information content (AvgIpc) is 2.84. The smallest absolute Gasteiger partial charge is 0.258 e. The van der Waals surface area contributed by atoms with E-state index in [4.69, 9.17) is 4.74 Å². The number of rotatable bonds is 7. The summed E-state index contributed by atoms with van der Waals surface area (Å²) in [4.78, 5) is 22.1. The highest BCUT2D eigenvalue weighted by atomic mass is 16.5. The minimum Gasteiger partial charge on any atom is -0.438 e. The van der Waals surface area contributed by atoms with E-state index in [0.717, 1.165) is 16.7 Å². The largest absolute Gasteiger partial charge is 0.438 e. The van der Waals surface area contributed by atoms with Crippen molar-refractivity contribution in [3.8, 4) is 23.0 Å². The molecular formula is C27H25N3O2. The molecule has 32 heavy (non-hydrogen) atoms. The molecule has 0 radical (unpaired) electrons. The molecule has 0 aliphatic carbocycles. The second kappa shape index (κ2) is 9.88. The molecular weight excluding hydrogens is 398 g/mol. The molecule has 0 saturated heterocycles. The zero-order valence-electron chi connectivity index (χ0n) is 18.2. The molecule has 0 atom stereocenters. The molecule has 3 aromatic carbocycles. The second-order valence-corrected chi connectivity index (χ2v) is 7.74. The van der Waals surface area contributed by atoms with E-state index in [2.05, 4.69) is 29.1 Å². The molecule has 0 saturated carbocycles. The monoisotopic (exact) mass is 423 g/mol. The highest BCUT2D eigenvalue weighted by molar-refractivity contribution is 5.96. The van der Waals surface area contributed by atoms with Crippen molar-refractivity contribution in [1.82, 2.24) is 15.3 Å². The molecule has 0 spiro atoms. The Morgan fingerprint density at radius 3 is 2.28 bits per heavy atom. The van der Waals surface area contributed by atoms with Crippen molar-refractivity contribution < 1.29 is 9.53 Å². The molecule has 1 amide bonds. The fraction of sp³-hybridized carbons (Fsp3) is 0.148. The van der Waals surface area contributed by atoms with Crippen LogP contribution in [-0.2, 0) is 6.54 Å². The summed E-state index contributed by atoms with van der Waals surface area (Å²) in [6.45, 7) is 4.61. The summed E-state index contributed by atoms with van der Waals surface area (Å²) in [6, 6.07) is 27.2. The molecule has 4 rings (SSSR count). The summed E-state index contributed by atoms with van der Waals surface area (Å²) < 4.78 is 6.23. The van der Waals surface area contributed by atoms with Crippen molar-refractivity contribution in [2.75, 3.05) is 0 Å². The maximum atomic E-state index is 13.0. The van der Waals surface area contributed by atoms with Crippen LogP contribution in [0, 0.1) is 0 Å². The third-order valence-electron chi connectivity index (χ3n) is 5.07. The Kier molecular flexibility index (Phi) is 6.56. The van der Waals surface area contributed by atoms with E-state index in [1.807, 2.05) is 84.9 Å². The number of para-hydroxylation sites is 1. The van der Waals surface area contributed by atoms with Gasteiger partial charge in [0, 0.05) is 18.3 Å². The summed E-state index contributed by atoms with van der Waals surface area (Å²) in [6.07, 6.45) is 1.53. The average molecular weight is 424 g/mol. The topological polar surface area (TPSA) is 64.1 Å². The standard InChI is InChI=1S/C27H25N3O2/c1-19(2)22-15-9-10-16-24(22)32-27-23(26(31)29-17-20-11-5-3-6-12-20)18-28-25(30-27)21-13-7-4-8-14-21/h3-16,18-19H,17H2,1-2H3,(H,29,31). The Morgan fingerprint density at radius 1 is 0.906 bits per heavy atom. The first-order valence-corrected chi connectivity index (χ1v) is 10.6. The Morgan fingerprint density at radius 2 is 1.56 bits per heavy atom. The molecule has 1 heterocycles. The summed E-state index contributed by atoms with van der Waals surface area (Å²) in [5.41, 5.74) is 3.20. The van der Waals surface area contributed by atoms with E-state index in [-0.39, 0.29) is 17.7 Å². The zero-order chi connectivity index (χ0) is 22.3. The molecule has 1 aromatic heterocycles. The van der Waals surface area contributed by atoms with Gasteiger partial charge in [-0.15, -0.1) is 0 Å².